The molecule has 0 bridgehead atoms. The van der Waals surface area contributed by atoms with Crippen LogP contribution in [0, 0.1) is 0 Å². The van der Waals surface area contributed by atoms with Gasteiger partial charge >= 0.3 is 0 Å². The van der Waals surface area contributed by atoms with E-state index >= 15 is 0 Å². The molecule has 3 aromatic rings. The molecule has 0 aliphatic carbocycles. The van der Waals surface area contributed by atoms with E-state index in [-0.39, 0.29) is 17.3 Å². The number of pyridine rings is 1. The van der Waals surface area contributed by atoms with Gasteiger partial charge in [-0.15, -0.1) is 0 Å². The van der Waals surface area contributed by atoms with E-state index in [2.05, 4.69) is 15.0 Å². The average molecular weight is 300 g/mol. The zero-order valence-electron chi connectivity index (χ0n) is 10.7. The van der Waals surface area contributed by atoms with Crippen LogP contribution in [-0.2, 0) is 0 Å². The highest BCUT2D eigenvalue weighted by Gasteiger charge is 2.14. The van der Waals surface area contributed by atoms with Crippen molar-refractivity contribution in [1.29, 1.82) is 0 Å². The summed E-state index contributed by atoms with van der Waals surface area (Å²) in [6, 6.07) is 10.1. The number of halogens is 1. The van der Waals surface area contributed by atoms with Gasteiger partial charge in [-0.1, -0.05) is 23.7 Å². The minimum Gasteiger partial charge on any atom is -0.493 e. The van der Waals surface area contributed by atoms with Gasteiger partial charge in [-0.05, 0) is 29.8 Å². The SMILES string of the molecule is O=c1[nH]c(-c2cccnc2)nc(O)c1-c1cccc(Cl)c1. The lowest BCUT2D eigenvalue weighted by Crippen LogP contribution is -2.12. The fraction of sp³-hybridized carbons (Fsp3) is 0. The predicted octanol–water partition coefficient (Wildman–Crippen LogP) is 2.86. The summed E-state index contributed by atoms with van der Waals surface area (Å²) in [6.07, 6.45) is 3.17. The van der Waals surface area contributed by atoms with E-state index in [0.29, 0.717) is 16.1 Å². The number of hydrogen-bond acceptors (Lipinski definition) is 4. The van der Waals surface area contributed by atoms with Gasteiger partial charge in [0.05, 0.1) is 0 Å². The maximum atomic E-state index is 12.2. The number of nitrogens with zero attached hydrogens (tertiary/aromatic N) is 2. The highest BCUT2D eigenvalue weighted by Crippen LogP contribution is 2.27. The standard InChI is InChI=1S/C15H10ClN3O2/c16-11-5-1-3-9(7-11)12-14(20)18-13(19-15(12)21)10-4-2-6-17-8-10/h1-8H,(H2,18,19,20,21). The molecule has 0 saturated heterocycles. The second-order valence-corrected chi connectivity index (χ2v) is 4.80. The first kappa shape index (κ1) is 13.3. The van der Waals surface area contributed by atoms with Gasteiger partial charge in [-0.2, -0.15) is 4.98 Å². The Morgan fingerprint density at radius 2 is 1.95 bits per heavy atom. The van der Waals surface area contributed by atoms with Crippen molar-refractivity contribution in [3.05, 3.63) is 64.2 Å². The number of H-pyrrole nitrogens is 1. The fourth-order valence-corrected chi connectivity index (χ4v) is 2.20. The molecule has 1 aromatic carbocycles. The van der Waals surface area contributed by atoms with Gasteiger partial charge in [0.25, 0.3) is 5.56 Å². The van der Waals surface area contributed by atoms with Crippen molar-refractivity contribution in [2.75, 3.05) is 0 Å². The molecule has 2 aromatic heterocycles. The quantitative estimate of drug-likeness (QED) is 0.762. The van der Waals surface area contributed by atoms with Gasteiger partial charge < -0.3 is 10.1 Å². The highest BCUT2D eigenvalue weighted by molar-refractivity contribution is 6.30. The van der Waals surface area contributed by atoms with Crippen LogP contribution in [0.15, 0.2) is 53.6 Å². The molecule has 2 N–H and O–H groups in total. The Labute approximate surface area is 124 Å². The van der Waals surface area contributed by atoms with Crippen molar-refractivity contribution < 1.29 is 5.11 Å². The first-order valence-corrected chi connectivity index (χ1v) is 6.52. The normalized spacial score (nSPS) is 10.5. The first-order valence-electron chi connectivity index (χ1n) is 6.15. The number of benzene rings is 1. The van der Waals surface area contributed by atoms with Crippen LogP contribution in [0.1, 0.15) is 0 Å². The summed E-state index contributed by atoms with van der Waals surface area (Å²) in [6.45, 7) is 0. The van der Waals surface area contributed by atoms with Crippen LogP contribution < -0.4 is 5.56 Å². The molecule has 0 atom stereocenters. The van der Waals surface area contributed by atoms with Crippen LogP contribution in [0.5, 0.6) is 5.88 Å². The van der Waals surface area contributed by atoms with Crippen LogP contribution >= 0.6 is 11.6 Å². The van der Waals surface area contributed by atoms with E-state index < -0.39 is 5.56 Å². The first-order chi connectivity index (χ1) is 10.1. The van der Waals surface area contributed by atoms with Gasteiger partial charge in [0, 0.05) is 23.0 Å². The molecule has 0 radical (unpaired) electrons. The Morgan fingerprint density at radius 3 is 2.62 bits per heavy atom. The zero-order chi connectivity index (χ0) is 14.8. The molecule has 6 heteroatoms. The molecule has 3 rings (SSSR count). The van der Waals surface area contributed by atoms with Crippen LogP contribution in [0.4, 0.5) is 0 Å². The highest BCUT2D eigenvalue weighted by atomic mass is 35.5. The number of aromatic hydroxyl groups is 1. The molecule has 0 aliphatic rings. The molecule has 0 unspecified atom stereocenters. The molecular weight excluding hydrogens is 290 g/mol. The molecule has 0 aliphatic heterocycles. The maximum absolute atomic E-state index is 12.2. The average Bonchev–Trinajstić information content (AvgIpc) is 2.47. The number of aromatic nitrogens is 3. The summed E-state index contributed by atoms with van der Waals surface area (Å²) in [5.41, 5.74) is 0.766. The van der Waals surface area contributed by atoms with Crippen molar-refractivity contribution in [3.63, 3.8) is 0 Å². The van der Waals surface area contributed by atoms with E-state index in [9.17, 15) is 9.90 Å². The molecule has 21 heavy (non-hydrogen) atoms. The van der Waals surface area contributed by atoms with Crippen LogP contribution in [0.2, 0.25) is 5.02 Å². The summed E-state index contributed by atoms with van der Waals surface area (Å²) < 4.78 is 0. The number of hydrogen-bond donors (Lipinski definition) is 2. The third-order valence-electron chi connectivity index (χ3n) is 2.95. The molecular formula is C15H10ClN3O2. The Hall–Kier alpha value is -2.66. The summed E-state index contributed by atoms with van der Waals surface area (Å²) in [5, 5.41) is 10.6. The summed E-state index contributed by atoms with van der Waals surface area (Å²) in [5.74, 6) is -0.0868. The van der Waals surface area contributed by atoms with E-state index in [0.717, 1.165) is 0 Å². The smallest absolute Gasteiger partial charge is 0.262 e. The van der Waals surface area contributed by atoms with Gasteiger partial charge in [-0.25, -0.2) is 0 Å². The molecule has 104 valence electrons. The Morgan fingerprint density at radius 1 is 1.14 bits per heavy atom. The molecule has 2 heterocycles. The Kier molecular flexibility index (Phi) is 3.41. The summed E-state index contributed by atoms with van der Waals surface area (Å²) >= 11 is 5.90. The maximum Gasteiger partial charge on any atom is 0.262 e. The molecule has 0 spiro atoms. The van der Waals surface area contributed by atoms with E-state index in [1.54, 1.807) is 48.8 Å². The van der Waals surface area contributed by atoms with Gasteiger partial charge in [0.2, 0.25) is 5.88 Å². The number of aromatic amines is 1. The molecule has 0 saturated carbocycles. The van der Waals surface area contributed by atoms with Gasteiger partial charge in [0.1, 0.15) is 11.4 Å². The van der Waals surface area contributed by atoms with Crippen LogP contribution in [-0.4, -0.2) is 20.1 Å². The Bertz CT molecular complexity index is 847. The second kappa shape index (κ2) is 5.38. The third-order valence-corrected chi connectivity index (χ3v) is 3.18. The molecule has 5 nitrogen and oxygen atoms in total. The lowest BCUT2D eigenvalue weighted by molar-refractivity contribution is 0.454. The molecule has 0 amide bonds. The predicted molar refractivity (Wildman–Crippen MR) is 80.2 cm³/mol. The molecule has 0 fully saturated rings. The summed E-state index contributed by atoms with van der Waals surface area (Å²) in [4.78, 5) is 22.8. The van der Waals surface area contributed by atoms with E-state index in [4.69, 9.17) is 11.6 Å². The van der Waals surface area contributed by atoms with Gasteiger partial charge in [0.15, 0.2) is 0 Å². The topological polar surface area (TPSA) is 78.9 Å². The van der Waals surface area contributed by atoms with Crippen molar-refractivity contribution >= 4 is 11.6 Å². The van der Waals surface area contributed by atoms with E-state index in [1.807, 2.05) is 0 Å². The largest absolute Gasteiger partial charge is 0.493 e. The Balaban J connectivity index is 2.16. The zero-order valence-corrected chi connectivity index (χ0v) is 11.5. The lowest BCUT2D eigenvalue weighted by atomic mass is 10.1. The van der Waals surface area contributed by atoms with Crippen molar-refractivity contribution in [2.45, 2.75) is 0 Å². The van der Waals surface area contributed by atoms with Gasteiger partial charge in [-0.3, -0.25) is 9.78 Å². The lowest BCUT2D eigenvalue weighted by Gasteiger charge is -2.06. The number of nitrogens with one attached hydrogen (secondary N) is 1. The van der Waals surface area contributed by atoms with Crippen LogP contribution in [0.3, 0.4) is 0 Å². The second-order valence-electron chi connectivity index (χ2n) is 4.37. The fourth-order valence-electron chi connectivity index (χ4n) is 2.01. The van der Waals surface area contributed by atoms with Crippen LogP contribution in [0.25, 0.3) is 22.5 Å². The van der Waals surface area contributed by atoms with E-state index in [1.165, 1.54) is 0 Å². The van der Waals surface area contributed by atoms with Crippen molar-refractivity contribution in [2.24, 2.45) is 0 Å². The van der Waals surface area contributed by atoms with Crippen molar-refractivity contribution in [1.82, 2.24) is 15.0 Å². The summed E-state index contributed by atoms with van der Waals surface area (Å²) in [7, 11) is 0. The number of rotatable bonds is 2. The minimum absolute atomic E-state index is 0.0881. The van der Waals surface area contributed by atoms with Crippen molar-refractivity contribution in [3.8, 4) is 28.4 Å². The monoisotopic (exact) mass is 299 g/mol. The minimum atomic E-state index is -0.441. The third kappa shape index (κ3) is 2.64.